The first-order valence-electron chi connectivity index (χ1n) is 7.35. The molecule has 0 aliphatic heterocycles. The van der Waals surface area contributed by atoms with Gasteiger partial charge in [-0.15, -0.1) is 5.10 Å². The first-order chi connectivity index (χ1) is 11.8. The van der Waals surface area contributed by atoms with E-state index in [0.29, 0.717) is 11.5 Å². The van der Waals surface area contributed by atoms with Crippen LogP contribution in [0.1, 0.15) is 24.4 Å². The zero-order chi connectivity index (χ0) is 18.2. The molecule has 2 heterocycles. The van der Waals surface area contributed by atoms with Crippen LogP contribution in [0.5, 0.6) is 0 Å². The number of alkyl halides is 3. The summed E-state index contributed by atoms with van der Waals surface area (Å²) >= 11 is 4.87. The average Bonchev–Trinajstić information content (AvgIpc) is 3.23. The van der Waals surface area contributed by atoms with Gasteiger partial charge in [0.05, 0.1) is 6.04 Å². The van der Waals surface area contributed by atoms with Crippen LogP contribution < -0.4 is 4.90 Å². The zero-order valence-corrected chi connectivity index (χ0v) is 14.4. The van der Waals surface area contributed by atoms with Gasteiger partial charge in [-0.3, -0.25) is 0 Å². The number of benzene rings is 1. The van der Waals surface area contributed by atoms with E-state index >= 15 is 0 Å². The third-order valence-corrected chi connectivity index (χ3v) is 3.77. The SMILES string of the molecule is CC(c1ccc(-c2noc(C(F)(F)Cl)n2)cc1)n1cnc(N(C)C)n1. The Morgan fingerprint density at radius 2 is 1.92 bits per heavy atom. The van der Waals surface area contributed by atoms with Gasteiger partial charge in [0.1, 0.15) is 6.33 Å². The molecule has 3 rings (SSSR count). The summed E-state index contributed by atoms with van der Waals surface area (Å²) in [4.78, 5) is 9.64. The summed E-state index contributed by atoms with van der Waals surface area (Å²) in [6.07, 6.45) is 1.65. The van der Waals surface area contributed by atoms with Crippen molar-refractivity contribution in [3.8, 4) is 11.4 Å². The smallest absolute Gasteiger partial charge is 0.346 e. The predicted octanol–water partition coefficient (Wildman–Crippen LogP) is 3.29. The molecule has 0 saturated carbocycles. The molecule has 0 amide bonds. The average molecular weight is 369 g/mol. The van der Waals surface area contributed by atoms with Crippen LogP contribution in [0.2, 0.25) is 0 Å². The van der Waals surface area contributed by atoms with Crippen molar-refractivity contribution >= 4 is 17.5 Å². The van der Waals surface area contributed by atoms with Crippen LogP contribution in [0.3, 0.4) is 0 Å². The number of hydrogen-bond donors (Lipinski definition) is 0. The molecule has 25 heavy (non-hydrogen) atoms. The standard InChI is InChI=1S/C15H15ClF2N6O/c1-9(24-8-19-14(21-24)23(2)3)10-4-6-11(7-5-10)12-20-13(25-22-12)15(16,17)18/h4-9H,1-3H3. The largest absolute Gasteiger partial charge is 0.400 e. The van der Waals surface area contributed by atoms with Crippen LogP contribution in [-0.2, 0) is 5.38 Å². The fourth-order valence-corrected chi connectivity index (χ4v) is 2.25. The van der Waals surface area contributed by atoms with Gasteiger partial charge in [0.25, 0.3) is 0 Å². The Labute approximate surface area is 147 Å². The normalized spacial score (nSPS) is 13.0. The highest BCUT2D eigenvalue weighted by atomic mass is 35.5. The van der Waals surface area contributed by atoms with E-state index in [4.69, 9.17) is 11.6 Å². The van der Waals surface area contributed by atoms with Crippen molar-refractivity contribution in [2.75, 3.05) is 19.0 Å². The Kier molecular flexibility index (Phi) is 4.42. The number of halogens is 3. The molecule has 0 bridgehead atoms. The third kappa shape index (κ3) is 3.60. The molecule has 10 heteroatoms. The van der Waals surface area contributed by atoms with Crippen LogP contribution >= 0.6 is 11.6 Å². The monoisotopic (exact) mass is 368 g/mol. The summed E-state index contributed by atoms with van der Waals surface area (Å²) in [6, 6.07) is 7.06. The second-order valence-corrected chi connectivity index (χ2v) is 6.11. The van der Waals surface area contributed by atoms with E-state index in [1.807, 2.05) is 38.1 Å². The van der Waals surface area contributed by atoms with Crippen LogP contribution in [-0.4, -0.2) is 39.0 Å². The second-order valence-electron chi connectivity index (χ2n) is 5.64. The van der Waals surface area contributed by atoms with Crippen LogP contribution in [0.4, 0.5) is 14.7 Å². The van der Waals surface area contributed by atoms with Gasteiger partial charge < -0.3 is 9.42 Å². The molecule has 7 nitrogen and oxygen atoms in total. The fourth-order valence-electron chi connectivity index (χ4n) is 2.18. The molecular formula is C15H15ClF2N6O. The zero-order valence-electron chi connectivity index (χ0n) is 13.7. The number of anilines is 1. The number of aromatic nitrogens is 5. The predicted molar refractivity (Wildman–Crippen MR) is 87.6 cm³/mol. The van der Waals surface area contributed by atoms with Crippen molar-refractivity contribution in [2.45, 2.75) is 18.3 Å². The second kappa shape index (κ2) is 6.40. The lowest BCUT2D eigenvalue weighted by Crippen LogP contribution is -2.12. The molecule has 0 N–H and O–H groups in total. The number of nitrogens with zero attached hydrogens (tertiary/aromatic N) is 6. The summed E-state index contributed by atoms with van der Waals surface area (Å²) in [5.74, 6) is -0.268. The first-order valence-corrected chi connectivity index (χ1v) is 7.73. The molecule has 1 aromatic carbocycles. The molecular weight excluding hydrogens is 354 g/mol. The van der Waals surface area contributed by atoms with Crippen molar-refractivity contribution in [1.82, 2.24) is 24.9 Å². The van der Waals surface area contributed by atoms with E-state index in [0.717, 1.165) is 5.56 Å². The summed E-state index contributed by atoms with van der Waals surface area (Å²) in [5, 5.41) is 4.23. The van der Waals surface area contributed by atoms with E-state index in [9.17, 15) is 8.78 Å². The number of hydrogen-bond acceptors (Lipinski definition) is 6. The quantitative estimate of drug-likeness (QED) is 0.643. The van der Waals surface area contributed by atoms with Gasteiger partial charge in [0.2, 0.25) is 11.8 Å². The highest BCUT2D eigenvalue weighted by molar-refractivity contribution is 6.21. The van der Waals surface area contributed by atoms with Gasteiger partial charge in [-0.1, -0.05) is 29.4 Å². The highest BCUT2D eigenvalue weighted by Gasteiger charge is 2.35. The van der Waals surface area contributed by atoms with Crippen molar-refractivity contribution in [3.05, 3.63) is 42.0 Å². The molecule has 132 valence electrons. The first kappa shape index (κ1) is 17.3. The topological polar surface area (TPSA) is 72.9 Å². The summed E-state index contributed by atoms with van der Waals surface area (Å²) in [5.41, 5.74) is 1.50. The van der Waals surface area contributed by atoms with Crippen LogP contribution in [0.25, 0.3) is 11.4 Å². The van der Waals surface area contributed by atoms with E-state index in [1.54, 1.807) is 23.1 Å². The lowest BCUT2D eigenvalue weighted by Gasteiger charge is -2.12. The molecule has 0 radical (unpaired) electrons. The summed E-state index contributed by atoms with van der Waals surface area (Å²) in [7, 11) is 3.73. The number of rotatable bonds is 5. The van der Waals surface area contributed by atoms with E-state index in [2.05, 4.69) is 24.7 Å². The molecule has 0 aliphatic rings. The van der Waals surface area contributed by atoms with E-state index in [-0.39, 0.29) is 11.9 Å². The van der Waals surface area contributed by atoms with Gasteiger partial charge in [-0.05, 0) is 24.1 Å². The Balaban J connectivity index is 1.80. The third-order valence-electron chi connectivity index (χ3n) is 3.61. The molecule has 0 fully saturated rings. The van der Waals surface area contributed by atoms with Gasteiger partial charge in [0, 0.05) is 19.7 Å². The van der Waals surface area contributed by atoms with Crippen LogP contribution in [0, 0.1) is 0 Å². The Morgan fingerprint density at radius 3 is 2.44 bits per heavy atom. The van der Waals surface area contributed by atoms with Crippen molar-refractivity contribution < 1.29 is 13.3 Å². The fraction of sp³-hybridized carbons (Fsp3) is 0.333. The molecule has 0 spiro atoms. The summed E-state index contributed by atoms with van der Waals surface area (Å²) in [6.45, 7) is 1.98. The highest BCUT2D eigenvalue weighted by Crippen LogP contribution is 2.32. The molecule has 1 unspecified atom stereocenters. The molecule has 3 aromatic rings. The molecule has 0 saturated heterocycles. The van der Waals surface area contributed by atoms with E-state index < -0.39 is 11.3 Å². The molecule has 0 aliphatic carbocycles. The molecule has 2 aromatic heterocycles. The maximum atomic E-state index is 13.0. The Bertz CT molecular complexity index is 856. The maximum absolute atomic E-state index is 13.0. The lowest BCUT2D eigenvalue weighted by atomic mass is 10.1. The minimum Gasteiger partial charge on any atom is -0.346 e. The summed E-state index contributed by atoms with van der Waals surface area (Å²) < 4.78 is 32.1. The minimum absolute atomic E-state index is 0.0465. The molecule has 1 atom stereocenters. The lowest BCUT2D eigenvalue weighted by molar-refractivity contribution is 0.0551. The maximum Gasteiger partial charge on any atom is 0.400 e. The van der Waals surface area contributed by atoms with Crippen molar-refractivity contribution in [1.29, 1.82) is 0 Å². The van der Waals surface area contributed by atoms with E-state index in [1.165, 1.54) is 0 Å². The Hall–Kier alpha value is -2.55. The van der Waals surface area contributed by atoms with Crippen molar-refractivity contribution in [3.63, 3.8) is 0 Å². The van der Waals surface area contributed by atoms with Crippen molar-refractivity contribution in [2.24, 2.45) is 0 Å². The van der Waals surface area contributed by atoms with Gasteiger partial charge in [0.15, 0.2) is 0 Å². The van der Waals surface area contributed by atoms with Crippen LogP contribution in [0.15, 0.2) is 35.1 Å². The van der Waals surface area contributed by atoms with Gasteiger partial charge in [-0.25, -0.2) is 9.67 Å². The van der Waals surface area contributed by atoms with Gasteiger partial charge >= 0.3 is 11.3 Å². The Morgan fingerprint density at radius 1 is 1.24 bits per heavy atom. The van der Waals surface area contributed by atoms with Gasteiger partial charge in [-0.2, -0.15) is 13.8 Å². The minimum atomic E-state index is -3.68.